The van der Waals surface area contributed by atoms with E-state index in [9.17, 15) is 9.59 Å². The molecule has 1 aromatic heterocycles. The molecule has 1 atom stereocenters. The molecule has 1 unspecified atom stereocenters. The third-order valence-corrected chi connectivity index (χ3v) is 3.84. The van der Waals surface area contributed by atoms with E-state index in [0.29, 0.717) is 23.1 Å². The molecule has 1 saturated heterocycles. The fraction of sp³-hybridized carbons (Fsp3) is 0.462. The number of hydrogen-bond donors (Lipinski definition) is 0. The van der Waals surface area contributed by atoms with Crippen molar-refractivity contribution >= 4 is 27.7 Å². The summed E-state index contributed by atoms with van der Waals surface area (Å²) in [7, 11) is 3.42. The number of carbonyl (C=O) groups is 2. The molecule has 0 radical (unpaired) electrons. The zero-order chi connectivity index (χ0) is 14.0. The van der Waals surface area contributed by atoms with E-state index in [2.05, 4.69) is 20.9 Å². The Labute approximate surface area is 120 Å². The number of carbonyl (C=O) groups excluding carboxylic acids is 2. The van der Waals surface area contributed by atoms with Crippen molar-refractivity contribution in [2.24, 2.45) is 0 Å². The van der Waals surface area contributed by atoms with E-state index in [4.69, 9.17) is 0 Å². The van der Waals surface area contributed by atoms with Crippen LogP contribution in [0.3, 0.4) is 0 Å². The minimum absolute atomic E-state index is 0.0297. The van der Waals surface area contributed by atoms with Crippen molar-refractivity contribution in [1.82, 2.24) is 14.8 Å². The quantitative estimate of drug-likeness (QED) is 0.828. The lowest BCUT2D eigenvalue weighted by atomic mass is 10.2. The maximum absolute atomic E-state index is 12.5. The van der Waals surface area contributed by atoms with Crippen LogP contribution in [0, 0.1) is 0 Å². The van der Waals surface area contributed by atoms with Gasteiger partial charge in [0.2, 0.25) is 5.91 Å². The first-order chi connectivity index (χ1) is 9.02. The van der Waals surface area contributed by atoms with Crippen molar-refractivity contribution in [3.05, 3.63) is 28.5 Å². The molecule has 102 valence electrons. The number of likely N-dealkylation sites (N-methyl/N-ethyl adjacent to an activating group) is 1. The monoisotopic (exact) mass is 325 g/mol. The Morgan fingerprint density at radius 1 is 1.47 bits per heavy atom. The molecule has 2 rings (SSSR count). The number of rotatable bonds is 2. The molecule has 0 spiro atoms. The SMILES string of the molecule is CN(C)C(=O)C1CCCN1C(=O)c1ncccc1Br. The Balaban J connectivity index is 2.24. The van der Waals surface area contributed by atoms with Gasteiger partial charge in [-0.25, -0.2) is 4.98 Å². The minimum Gasteiger partial charge on any atom is -0.347 e. The van der Waals surface area contributed by atoms with Crippen molar-refractivity contribution < 1.29 is 9.59 Å². The number of amides is 2. The van der Waals surface area contributed by atoms with Gasteiger partial charge in [0, 0.05) is 31.3 Å². The van der Waals surface area contributed by atoms with E-state index in [1.54, 1.807) is 37.3 Å². The van der Waals surface area contributed by atoms with Crippen LogP contribution >= 0.6 is 15.9 Å². The van der Waals surface area contributed by atoms with E-state index in [0.717, 1.165) is 6.42 Å². The van der Waals surface area contributed by atoms with Crippen LogP contribution in [-0.2, 0) is 4.79 Å². The van der Waals surface area contributed by atoms with Gasteiger partial charge < -0.3 is 9.80 Å². The first kappa shape index (κ1) is 14.0. The van der Waals surface area contributed by atoms with Gasteiger partial charge in [0.15, 0.2) is 0 Å². The van der Waals surface area contributed by atoms with Crippen LogP contribution in [0.2, 0.25) is 0 Å². The Bertz CT molecular complexity index is 504. The van der Waals surface area contributed by atoms with Crippen LogP contribution in [0.15, 0.2) is 22.8 Å². The summed E-state index contributed by atoms with van der Waals surface area (Å²) in [6, 6.07) is 3.17. The number of pyridine rings is 1. The van der Waals surface area contributed by atoms with E-state index in [1.807, 2.05) is 0 Å². The summed E-state index contributed by atoms with van der Waals surface area (Å²) in [4.78, 5) is 31.8. The molecule has 0 saturated carbocycles. The summed E-state index contributed by atoms with van der Waals surface area (Å²) in [6.07, 6.45) is 3.14. The maximum Gasteiger partial charge on any atom is 0.274 e. The molecule has 0 aromatic carbocycles. The predicted octanol–water partition coefficient (Wildman–Crippen LogP) is 1.54. The molecule has 19 heavy (non-hydrogen) atoms. The summed E-state index contributed by atoms with van der Waals surface area (Å²) >= 11 is 3.32. The van der Waals surface area contributed by atoms with Crippen LogP contribution in [0.4, 0.5) is 0 Å². The van der Waals surface area contributed by atoms with Crippen LogP contribution in [0.1, 0.15) is 23.3 Å². The molecule has 0 aliphatic carbocycles. The second-order valence-corrected chi connectivity index (χ2v) is 5.58. The van der Waals surface area contributed by atoms with E-state index < -0.39 is 0 Å². The van der Waals surface area contributed by atoms with Gasteiger partial charge in [-0.3, -0.25) is 9.59 Å². The second kappa shape index (κ2) is 5.69. The second-order valence-electron chi connectivity index (χ2n) is 4.72. The first-order valence-corrected chi connectivity index (χ1v) is 6.94. The van der Waals surface area contributed by atoms with Crippen LogP contribution in [0.25, 0.3) is 0 Å². The molecule has 6 heteroatoms. The van der Waals surface area contributed by atoms with Gasteiger partial charge in [0.1, 0.15) is 11.7 Å². The summed E-state index contributed by atoms with van der Waals surface area (Å²) in [5.41, 5.74) is 0.362. The number of halogens is 1. The highest BCUT2D eigenvalue weighted by molar-refractivity contribution is 9.10. The Kier molecular flexibility index (Phi) is 4.19. The number of aromatic nitrogens is 1. The average molecular weight is 326 g/mol. The van der Waals surface area contributed by atoms with Crippen LogP contribution in [-0.4, -0.2) is 53.3 Å². The third kappa shape index (κ3) is 2.78. The molecule has 0 bridgehead atoms. The fourth-order valence-electron chi connectivity index (χ4n) is 2.24. The van der Waals surface area contributed by atoms with Crippen molar-refractivity contribution in [1.29, 1.82) is 0 Å². The number of nitrogens with zero attached hydrogens (tertiary/aromatic N) is 3. The van der Waals surface area contributed by atoms with Gasteiger partial charge >= 0.3 is 0 Å². The molecule has 1 fully saturated rings. The topological polar surface area (TPSA) is 53.5 Å². The summed E-state index contributed by atoms with van der Waals surface area (Å²) in [5.74, 6) is -0.219. The summed E-state index contributed by atoms with van der Waals surface area (Å²) in [5, 5.41) is 0. The largest absolute Gasteiger partial charge is 0.347 e. The van der Waals surface area contributed by atoms with Gasteiger partial charge in [0.25, 0.3) is 5.91 Å². The van der Waals surface area contributed by atoms with Crippen molar-refractivity contribution in [2.75, 3.05) is 20.6 Å². The predicted molar refractivity (Wildman–Crippen MR) is 74.7 cm³/mol. The lowest BCUT2D eigenvalue weighted by molar-refractivity contribution is -0.132. The van der Waals surface area contributed by atoms with Gasteiger partial charge in [-0.2, -0.15) is 0 Å². The maximum atomic E-state index is 12.5. The van der Waals surface area contributed by atoms with Gasteiger partial charge in [-0.05, 0) is 40.9 Å². The Morgan fingerprint density at radius 2 is 2.21 bits per heavy atom. The molecule has 2 amide bonds. The normalized spacial score (nSPS) is 18.5. The summed E-state index contributed by atoms with van der Waals surface area (Å²) < 4.78 is 0.656. The summed E-state index contributed by atoms with van der Waals surface area (Å²) in [6.45, 7) is 0.603. The highest BCUT2D eigenvalue weighted by atomic mass is 79.9. The molecule has 1 aromatic rings. The highest BCUT2D eigenvalue weighted by Gasteiger charge is 2.36. The average Bonchev–Trinajstić information content (AvgIpc) is 2.86. The Hall–Kier alpha value is -1.43. The fourth-order valence-corrected chi connectivity index (χ4v) is 2.67. The zero-order valence-corrected chi connectivity index (χ0v) is 12.6. The van der Waals surface area contributed by atoms with Crippen molar-refractivity contribution in [3.8, 4) is 0 Å². The third-order valence-electron chi connectivity index (χ3n) is 3.20. The number of likely N-dealkylation sites (tertiary alicyclic amines) is 1. The molecular formula is C13H16BrN3O2. The molecule has 2 heterocycles. The van der Waals surface area contributed by atoms with E-state index >= 15 is 0 Å². The zero-order valence-electron chi connectivity index (χ0n) is 11.0. The smallest absolute Gasteiger partial charge is 0.274 e. The molecule has 1 aliphatic rings. The van der Waals surface area contributed by atoms with Crippen LogP contribution in [0.5, 0.6) is 0 Å². The van der Waals surface area contributed by atoms with E-state index in [1.165, 1.54) is 4.90 Å². The highest BCUT2D eigenvalue weighted by Crippen LogP contribution is 2.23. The molecule has 0 N–H and O–H groups in total. The number of hydrogen-bond acceptors (Lipinski definition) is 3. The van der Waals surface area contributed by atoms with Gasteiger partial charge in [0.05, 0.1) is 0 Å². The molecule has 5 nitrogen and oxygen atoms in total. The standard InChI is InChI=1S/C13H16BrN3O2/c1-16(2)12(18)10-6-4-8-17(10)13(19)11-9(14)5-3-7-15-11/h3,5,7,10H,4,6,8H2,1-2H3. The lowest BCUT2D eigenvalue weighted by Gasteiger charge is -2.26. The van der Waals surface area contributed by atoms with Gasteiger partial charge in [-0.15, -0.1) is 0 Å². The van der Waals surface area contributed by atoms with Crippen LogP contribution < -0.4 is 0 Å². The van der Waals surface area contributed by atoms with Crippen molar-refractivity contribution in [2.45, 2.75) is 18.9 Å². The van der Waals surface area contributed by atoms with E-state index in [-0.39, 0.29) is 17.9 Å². The first-order valence-electron chi connectivity index (χ1n) is 6.15. The lowest BCUT2D eigenvalue weighted by Crippen LogP contribution is -2.45. The molecular weight excluding hydrogens is 310 g/mol. The van der Waals surface area contributed by atoms with Gasteiger partial charge in [-0.1, -0.05) is 0 Å². The van der Waals surface area contributed by atoms with Crippen molar-refractivity contribution in [3.63, 3.8) is 0 Å². The minimum atomic E-state index is -0.364. The Morgan fingerprint density at radius 3 is 2.84 bits per heavy atom. The molecule has 1 aliphatic heterocycles.